The first kappa shape index (κ1) is 13.3. The minimum absolute atomic E-state index is 0.281. The lowest BCUT2D eigenvalue weighted by Gasteiger charge is -2.03. The van der Waals surface area contributed by atoms with Crippen molar-refractivity contribution in [2.75, 3.05) is 5.32 Å². The molecule has 5 heteroatoms. The van der Waals surface area contributed by atoms with Crippen LogP contribution in [-0.2, 0) is 6.42 Å². The summed E-state index contributed by atoms with van der Waals surface area (Å²) in [6.45, 7) is 3.72. The summed E-state index contributed by atoms with van der Waals surface area (Å²) in [6, 6.07) is 6.18. The number of benzene rings is 1. The highest BCUT2D eigenvalue weighted by Crippen LogP contribution is 2.12. The largest absolute Gasteiger partial charge is 0.305 e. The third-order valence-corrected chi connectivity index (χ3v) is 2.83. The summed E-state index contributed by atoms with van der Waals surface area (Å²) in [7, 11) is 0. The molecule has 1 aromatic heterocycles. The van der Waals surface area contributed by atoms with Gasteiger partial charge in [-0.1, -0.05) is 19.4 Å². The van der Waals surface area contributed by atoms with E-state index in [2.05, 4.69) is 22.4 Å². The molecule has 0 unspecified atom stereocenters. The Morgan fingerprint density at radius 3 is 2.89 bits per heavy atom. The van der Waals surface area contributed by atoms with E-state index in [1.165, 1.54) is 6.07 Å². The molecule has 0 radical (unpaired) electrons. The van der Waals surface area contributed by atoms with Crippen molar-refractivity contribution >= 4 is 11.7 Å². The number of hydrogen-bond acceptors (Lipinski definition) is 2. The van der Waals surface area contributed by atoms with E-state index in [0.29, 0.717) is 11.4 Å². The van der Waals surface area contributed by atoms with Crippen molar-refractivity contribution in [1.82, 2.24) is 10.2 Å². The minimum atomic E-state index is -0.388. The SMILES string of the molecule is CCCc1cc(NC(=O)c2ccc(C)c(F)c2)n[nH]1. The smallest absolute Gasteiger partial charge is 0.256 e. The fourth-order valence-electron chi connectivity index (χ4n) is 1.75. The normalized spacial score (nSPS) is 10.5. The van der Waals surface area contributed by atoms with Gasteiger partial charge in [-0.15, -0.1) is 0 Å². The second-order valence-corrected chi connectivity index (χ2v) is 4.45. The van der Waals surface area contributed by atoms with Gasteiger partial charge in [0.15, 0.2) is 5.82 Å². The van der Waals surface area contributed by atoms with Crippen molar-refractivity contribution in [3.63, 3.8) is 0 Å². The maximum atomic E-state index is 13.4. The number of amides is 1. The molecule has 19 heavy (non-hydrogen) atoms. The molecule has 2 aromatic rings. The van der Waals surface area contributed by atoms with E-state index in [1.807, 2.05) is 0 Å². The summed E-state index contributed by atoms with van der Waals surface area (Å²) in [5.74, 6) is -0.302. The number of hydrogen-bond donors (Lipinski definition) is 2. The molecule has 0 spiro atoms. The highest BCUT2D eigenvalue weighted by atomic mass is 19.1. The number of aromatic amines is 1. The number of aryl methyl sites for hydroxylation is 2. The van der Waals surface area contributed by atoms with Gasteiger partial charge in [0.25, 0.3) is 5.91 Å². The van der Waals surface area contributed by atoms with E-state index in [0.717, 1.165) is 18.5 Å². The molecule has 0 fully saturated rings. The van der Waals surface area contributed by atoms with Crippen molar-refractivity contribution in [1.29, 1.82) is 0 Å². The molecule has 0 saturated heterocycles. The molecule has 2 rings (SSSR count). The molecule has 100 valence electrons. The van der Waals surface area contributed by atoms with Crippen LogP contribution in [0.5, 0.6) is 0 Å². The van der Waals surface area contributed by atoms with E-state index in [4.69, 9.17) is 0 Å². The molecule has 2 N–H and O–H groups in total. The Morgan fingerprint density at radius 2 is 2.21 bits per heavy atom. The zero-order chi connectivity index (χ0) is 13.8. The molecule has 4 nitrogen and oxygen atoms in total. The number of halogens is 1. The molecule has 0 bridgehead atoms. The third kappa shape index (κ3) is 3.19. The van der Waals surface area contributed by atoms with Crippen LogP contribution < -0.4 is 5.32 Å². The molecular weight excluding hydrogens is 245 g/mol. The Balaban J connectivity index is 2.09. The fraction of sp³-hybridized carbons (Fsp3) is 0.286. The Labute approximate surface area is 111 Å². The number of carbonyl (C=O) groups is 1. The summed E-state index contributed by atoms with van der Waals surface area (Å²) in [5, 5.41) is 9.47. The highest BCUT2D eigenvalue weighted by molar-refractivity contribution is 6.03. The van der Waals surface area contributed by atoms with Crippen molar-refractivity contribution in [3.05, 3.63) is 46.9 Å². The van der Waals surface area contributed by atoms with Crippen LogP contribution >= 0.6 is 0 Å². The number of anilines is 1. The fourth-order valence-corrected chi connectivity index (χ4v) is 1.75. The van der Waals surface area contributed by atoms with Crippen LogP contribution in [0, 0.1) is 12.7 Å². The lowest BCUT2D eigenvalue weighted by molar-refractivity contribution is 0.102. The third-order valence-electron chi connectivity index (χ3n) is 2.83. The van der Waals surface area contributed by atoms with Crippen LogP contribution in [0.2, 0.25) is 0 Å². The van der Waals surface area contributed by atoms with Crippen molar-refractivity contribution < 1.29 is 9.18 Å². The van der Waals surface area contributed by atoms with Gasteiger partial charge in [-0.25, -0.2) is 4.39 Å². The van der Waals surface area contributed by atoms with Gasteiger partial charge in [0, 0.05) is 17.3 Å². The summed E-state index contributed by atoms with van der Waals surface area (Å²) in [5.41, 5.74) is 1.76. The summed E-state index contributed by atoms with van der Waals surface area (Å²) < 4.78 is 13.4. The van der Waals surface area contributed by atoms with E-state index in [1.54, 1.807) is 25.1 Å². The Kier molecular flexibility index (Phi) is 3.94. The molecule has 1 aromatic carbocycles. The number of rotatable bonds is 4. The molecule has 0 saturated carbocycles. The summed E-state index contributed by atoms with van der Waals surface area (Å²) >= 11 is 0. The number of nitrogens with zero attached hydrogens (tertiary/aromatic N) is 1. The van der Waals surface area contributed by atoms with Crippen molar-refractivity contribution in [2.24, 2.45) is 0 Å². The van der Waals surface area contributed by atoms with Gasteiger partial charge < -0.3 is 5.32 Å². The monoisotopic (exact) mass is 261 g/mol. The first-order valence-corrected chi connectivity index (χ1v) is 6.22. The maximum Gasteiger partial charge on any atom is 0.256 e. The topological polar surface area (TPSA) is 57.8 Å². The molecule has 0 atom stereocenters. The molecule has 0 aliphatic carbocycles. The van der Waals surface area contributed by atoms with E-state index < -0.39 is 0 Å². The van der Waals surface area contributed by atoms with Gasteiger partial charge in [-0.2, -0.15) is 5.10 Å². The second kappa shape index (κ2) is 5.65. The molecule has 1 heterocycles. The highest BCUT2D eigenvalue weighted by Gasteiger charge is 2.10. The zero-order valence-electron chi connectivity index (χ0n) is 11.0. The van der Waals surface area contributed by atoms with Crippen LogP contribution in [0.4, 0.5) is 10.2 Å². The average molecular weight is 261 g/mol. The number of aromatic nitrogens is 2. The van der Waals surface area contributed by atoms with E-state index >= 15 is 0 Å². The Hall–Kier alpha value is -2.17. The van der Waals surface area contributed by atoms with Gasteiger partial charge in [0.05, 0.1) is 0 Å². The van der Waals surface area contributed by atoms with Gasteiger partial charge in [-0.3, -0.25) is 9.89 Å². The van der Waals surface area contributed by atoms with Crippen molar-refractivity contribution in [2.45, 2.75) is 26.7 Å². The Morgan fingerprint density at radius 1 is 1.42 bits per heavy atom. The zero-order valence-corrected chi connectivity index (χ0v) is 11.0. The number of nitrogens with one attached hydrogen (secondary N) is 2. The molecule has 0 aliphatic rings. The first-order chi connectivity index (χ1) is 9.10. The summed E-state index contributed by atoms with van der Waals surface area (Å²) in [6.07, 6.45) is 1.88. The van der Waals surface area contributed by atoms with E-state index in [9.17, 15) is 9.18 Å². The number of carbonyl (C=O) groups excluding carboxylic acids is 1. The number of H-pyrrole nitrogens is 1. The maximum absolute atomic E-state index is 13.4. The van der Waals surface area contributed by atoms with Crippen LogP contribution in [-0.4, -0.2) is 16.1 Å². The van der Waals surface area contributed by atoms with Gasteiger partial charge in [-0.05, 0) is 31.0 Å². The first-order valence-electron chi connectivity index (χ1n) is 6.22. The van der Waals surface area contributed by atoms with Crippen molar-refractivity contribution in [3.8, 4) is 0 Å². The minimum Gasteiger partial charge on any atom is -0.305 e. The summed E-state index contributed by atoms with van der Waals surface area (Å²) in [4.78, 5) is 11.9. The standard InChI is InChI=1S/C14H16FN3O/c1-3-4-11-8-13(18-17-11)16-14(19)10-6-5-9(2)12(15)7-10/h5-8H,3-4H2,1-2H3,(H2,16,17,18,19). The van der Waals surface area contributed by atoms with E-state index in [-0.39, 0.29) is 17.3 Å². The predicted molar refractivity (Wildman–Crippen MR) is 71.7 cm³/mol. The van der Waals surface area contributed by atoms with Crippen LogP contribution in [0.3, 0.4) is 0 Å². The molecule has 0 aliphatic heterocycles. The van der Waals surface area contributed by atoms with Crippen LogP contribution in [0.25, 0.3) is 0 Å². The van der Waals surface area contributed by atoms with Crippen LogP contribution in [0.1, 0.15) is 35.0 Å². The Bertz CT molecular complexity index is 592. The second-order valence-electron chi connectivity index (χ2n) is 4.45. The average Bonchev–Trinajstić information content (AvgIpc) is 2.80. The van der Waals surface area contributed by atoms with Crippen LogP contribution in [0.15, 0.2) is 24.3 Å². The lowest BCUT2D eigenvalue weighted by atomic mass is 10.1. The molecular formula is C14H16FN3O. The quantitative estimate of drug-likeness (QED) is 0.888. The van der Waals surface area contributed by atoms with Gasteiger partial charge in [0.2, 0.25) is 0 Å². The van der Waals surface area contributed by atoms with Gasteiger partial charge in [0.1, 0.15) is 5.82 Å². The molecule has 1 amide bonds. The van der Waals surface area contributed by atoms with Gasteiger partial charge >= 0.3 is 0 Å². The predicted octanol–water partition coefficient (Wildman–Crippen LogP) is 3.06. The lowest BCUT2D eigenvalue weighted by Crippen LogP contribution is -2.12.